The van der Waals surface area contributed by atoms with Crippen LogP contribution in [0.15, 0.2) is 24.3 Å². The van der Waals surface area contributed by atoms with Crippen LogP contribution in [0.4, 0.5) is 4.79 Å². The highest BCUT2D eigenvalue weighted by Gasteiger charge is 2.22. The summed E-state index contributed by atoms with van der Waals surface area (Å²) in [6, 6.07) is 6.22. The van der Waals surface area contributed by atoms with Gasteiger partial charge < -0.3 is 19.7 Å². The lowest BCUT2D eigenvalue weighted by atomic mass is 10.1. The third-order valence-electron chi connectivity index (χ3n) is 3.72. The monoisotopic (exact) mass is 410 g/mol. The second kappa shape index (κ2) is 10.9. The van der Waals surface area contributed by atoms with Crippen LogP contribution in [-0.2, 0) is 20.8 Å². The fourth-order valence-electron chi connectivity index (χ4n) is 2.36. The summed E-state index contributed by atoms with van der Waals surface area (Å²) in [5.41, 5.74) is 0.611. The van der Waals surface area contributed by atoms with E-state index in [1.165, 1.54) is 12.0 Å². The first-order valence-corrected chi connectivity index (χ1v) is 10.4. The molecule has 156 valence electrons. The number of carbonyl (C=O) groups is 3. The van der Waals surface area contributed by atoms with Gasteiger partial charge in [0.2, 0.25) is 0 Å². The highest BCUT2D eigenvalue weighted by molar-refractivity contribution is 7.98. The molecule has 0 aromatic heterocycles. The highest BCUT2D eigenvalue weighted by Crippen LogP contribution is 2.13. The first kappa shape index (κ1) is 23.8. The van der Waals surface area contributed by atoms with Crippen molar-refractivity contribution < 1.29 is 23.9 Å². The van der Waals surface area contributed by atoms with E-state index in [4.69, 9.17) is 9.47 Å². The smallest absolute Gasteiger partial charge is 0.410 e. The number of methoxy groups -OCH3 is 1. The SMILES string of the molecule is COC(=O)[C@H](CCSC)NC(=O)c1cccc(CN(C)C(=O)OC(C)(C)C)c1. The molecule has 0 unspecified atom stereocenters. The van der Waals surface area contributed by atoms with Crippen molar-refractivity contribution in [3.05, 3.63) is 35.4 Å². The van der Waals surface area contributed by atoms with Gasteiger partial charge in [0.05, 0.1) is 7.11 Å². The lowest BCUT2D eigenvalue weighted by molar-refractivity contribution is -0.142. The van der Waals surface area contributed by atoms with E-state index in [-0.39, 0.29) is 5.91 Å². The predicted molar refractivity (Wildman–Crippen MR) is 110 cm³/mol. The van der Waals surface area contributed by atoms with Crippen molar-refractivity contribution in [3.63, 3.8) is 0 Å². The fourth-order valence-corrected chi connectivity index (χ4v) is 2.83. The van der Waals surface area contributed by atoms with Gasteiger partial charge in [-0.1, -0.05) is 12.1 Å². The summed E-state index contributed by atoms with van der Waals surface area (Å²) >= 11 is 1.59. The van der Waals surface area contributed by atoms with Crippen molar-refractivity contribution in [1.82, 2.24) is 10.2 Å². The number of benzene rings is 1. The molecule has 7 nitrogen and oxygen atoms in total. The van der Waals surface area contributed by atoms with Crippen molar-refractivity contribution >= 4 is 29.7 Å². The second-order valence-electron chi connectivity index (χ2n) is 7.37. The molecule has 1 aromatic carbocycles. The number of esters is 1. The van der Waals surface area contributed by atoms with E-state index in [0.29, 0.717) is 18.5 Å². The number of carbonyl (C=O) groups excluding carboxylic acids is 3. The summed E-state index contributed by atoms with van der Waals surface area (Å²) < 4.78 is 10.1. The summed E-state index contributed by atoms with van der Waals surface area (Å²) in [6.07, 6.45) is 1.98. The van der Waals surface area contributed by atoms with Gasteiger partial charge in [-0.05, 0) is 56.9 Å². The molecule has 1 rings (SSSR count). The largest absolute Gasteiger partial charge is 0.467 e. The number of hydrogen-bond donors (Lipinski definition) is 1. The fraction of sp³-hybridized carbons (Fsp3) is 0.550. The van der Waals surface area contributed by atoms with E-state index in [1.54, 1.807) is 57.8 Å². The number of amides is 2. The average molecular weight is 411 g/mol. The zero-order valence-corrected chi connectivity index (χ0v) is 18.2. The third kappa shape index (κ3) is 8.21. The number of thioether (sulfide) groups is 1. The van der Waals surface area contributed by atoms with Crippen LogP contribution in [0.2, 0.25) is 0 Å². The minimum absolute atomic E-state index is 0.295. The molecule has 0 fully saturated rings. The van der Waals surface area contributed by atoms with Gasteiger partial charge in [-0.25, -0.2) is 9.59 Å². The van der Waals surface area contributed by atoms with Gasteiger partial charge in [-0.3, -0.25) is 4.79 Å². The molecular weight excluding hydrogens is 380 g/mol. The molecule has 0 saturated heterocycles. The van der Waals surface area contributed by atoms with Crippen LogP contribution in [0.1, 0.15) is 43.1 Å². The standard InChI is InChI=1S/C20H30N2O5S/c1-20(2,3)27-19(25)22(4)13-14-8-7-9-15(12-14)17(23)21-16(10-11-28-6)18(24)26-5/h7-9,12,16H,10-11,13H2,1-6H3,(H,21,23)/t16-/m0/s1. The lowest BCUT2D eigenvalue weighted by Gasteiger charge is -2.24. The molecule has 2 amide bonds. The molecule has 28 heavy (non-hydrogen) atoms. The Morgan fingerprint density at radius 3 is 2.50 bits per heavy atom. The quantitative estimate of drug-likeness (QED) is 0.663. The van der Waals surface area contributed by atoms with Crippen molar-refractivity contribution in [2.45, 2.75) is 45.4 Å². The molecule has 1 aromatic rings. The molecule has 0 spiro atoms. The average Bonchev–Trinajstić information content (AvgIpc) is 2.63. The summed E-state index contributed by atoms with van der Waals surface area (Å²) in [7, 11) is 2.93. The summed E-state index contributed by atoms with van der Waals surface area (Å²) in [6.45, 7) is 5.71. The third-order valence-corrected chi connectivity index (χ3v) is 4.36. The predicted octanol–water partition coefficient (Wildman–Crippen LogP) is 3.08. The van der Waals surface area contributed by atoms with E-state index < -0.39 is 23.7 Å². The lowest BCUT2D eigenvalue weighted by Crippen LogP contribution is -2.42. The van der Waals surface area contributed by atoms with Gasteiger partial charge >= 0.3 is 12.1 Å². The topological polar surface area (TPSA) is 84.9 Å². The Balaban J connectivity index is 2.81. The Kier molecular flexibility index (Phi) is 9.31. The molecular formula is C20H30N2O5S. The Bertz CT molecular complexity index is 687. The minimum Gasteiger partial charge on any atom is -0.467 e. The van der Waals surface area contributed by atoms with Gasteiger partial charge in [0.15, 0.2) is 0 Å². The van der Waals surface area contributed by atoms with Crippen LogP contribution in [-0.4, -0.2) is 60.7 Å². The summed E-state index contributed by atoms with van der Waals surface area (Å²) in [5, 5.41) is 2.72. The first-order valence-electron chi connectivity index (χ1n) is 8.98. The Morgan fingerprint density at radius 2 is 1.93 bits per heavy atom. The van der Waals surface area contributed by atoms with E-state index in [0.717, 1.165) is 11.3 Å². The van der Waals surface area contributed by atoms with Crippen LogP contribution >= 0.6 is 11.8 Å². The van der Waals surface area contributed by atoms with Crippen molar-refractivity contribution in [2.24, 2.45) is 0 Å². The van der Waals surface area contributed by atoms with E-state index in [1.807, 2.05) is 12.3 Å². The molecule has 0 aliphatic rings. The Labute approximate surface area is 171 Å². The van der Waals surface area contributed by atoms with Gasteiger partial charge in [-0.15, -0.1) is 0 Å². The molecule has 0 radical (unpaired) electrons. The molecule has 0 aliphatic carbocycles. The summed E-state index contributed by atoms with van der Waals surface area (Å²) in [5.74, 6) is -0.109. The molecule has 0 saturated carbocycles. The first-order chi connectivity index (χ1) is 13.1. The number of nitrogens with zero attached hydrogens (tertiary/aromatic N) is 1. The highest BCUT2D eigenvalue weighted by atomic mass is 32.2. The zero-order chi connectivity index (χ0) is 21.3. The van der Waals surface area contributed by atoms with E-state index in [9.17, 15) is 14.4 Å². The Morgan fingerprint density at radius 1 is 1.25 bits per heavy atom. The van der Waals surface area contributed by atoms with Gasteiger partial charge in [0.1, 0.15) is 11.6 Å². The van der Waals surface area contributed by atoms with E-state index in [2.05, 4.69) is 5.32 Å². The van der Waals surface area contributed by atoms with Gasteiger partial charge in [0, 0.05) is 19.2 Å². The Hall–Kier alpha value is -2.22. The van der Waals surface area contributed by atoms with Crippen LogP contribution < -0.4 is 5.32 Å². The molecule has 0 heterocycles. The van der Waals surface area contributed by atoms with Gasteiger partial charge in [0.25, 0.3) is 5.91 Å². The normalized spacial score (nSPS) is 12.1. The number of hydrogen-bond acceptors (Lipinski definition) is 6. The van der Waals surface area contributed by atoms with Crippen LogP contribution in [0, 0.1) is 0 Å². The molecule has 8 heteroatoms. The van der Waals surface area contributed by atoms with Gasteiger partial charge in [-0.2, -0.15) is 11.8 Å². The molecule has 0 aliphatic heterocycles. The summed E-state index contributed by atoms with van der Waals surface area (Å²) in [4.78, 5) is 38.0. The molecule has 1 N–H and O–H groups in total. The zero-order valence-electron chi connectivity index (χ0n) is 17.4. The minimum atomic E-state index is -0.696. The maximum Gasteiger partial charge on any atom is 0.410 e. The maximum absolute atomic E-state index is 12.6. The second-order valence-corrected chi connectivity index (χ2v) is 8.35. The van der Waals surface area contributed by atoms with Crippen LogP contribution in [0.5, 0.6) is 0 Å². The van der Waals surface area contributed by atoms with Crippen LogP contribution in [0.3, 0.4) is 0 Å². The number of nitrogens with one attached hydrogen (secondary N) is 1. The van der Waals surface area contributed by atoms with Crippen molar-refractivity contribution in [2.75, 3.05) is 26.2 Å². The maximum atomic E-state index is 12.6. The van der Waals surface area contributed by atoms with Crippen LogP contribution in [0.25, 0.3) is 0 Å². The molecule has 0 bridgehead atoms. The number of ether oxygens (including phenoxy) is 2. The number of rotatable bonds is 8. The van der Waals surface area contributed by atoms with Crippen molar-refractivity contribution in [3.8, 4) is 0 Å². The van der Waals surface area contributed by atoms with E-state index >= 15 is 0 Å². The van der Waals surface area contributed by atoms with Crippen molar-refractivity contribution in [1.29, 1.82) is 0 Å². The molecule has 1 atom stereocenters.